The van der Waals surface area contributed by atoms with Gasteiger partial charge in [-0.15, -0.1) is 0 Å². The molecule has 1 fully saturated rings. The van der Waals surface area contributed by atoms with Crippen molar-refractivity contribution in [1.29, 1.82) is 0 Å². The molecular weight excluding hydrogens is 300 g/mol. The number of Topliss-reactive ketones (excluding diaryl/α,β-unsaturated/α-hetero) is 2. The number of hydrogen-bond donors (Lipinski definition) is 0. The maximum Gasteiger partial charge on any atom is 0.149 e. The van der Waals surface area contributed by atoms with Crippen LogP contribution >= 0.6 is 0 Å². The monoisotopic (exact) mass is 316 g/mol. The van der Waals surface area contributed by atoms with Crippen LogP contribution in [0.5, 0.6) is 0 Å². The van der Waals surface area contributed by atoms with E-state index in [1.54, 1.807) is 6.20 Å². The Morgan fingerprint density at radius 3 is 2.33 bits per heavy atom. The summed E-state index contributed by atoms with van der Waals surface area (Å²) in [4.78, 5) is 33.7. The number of benzene rings is 1. The minimum Gasteiger partial charge on any atom is -0.298 e. The number of nitrogens with zero attached hydrogens (tertiary/aromatic N) is 2. The topological polar surface area (TPSA) is 59.9 Å². The van der Waals surface area contributed by atoms with Gasteiger partial charge in [-0.05, 0) is 30.7 Å². The van der Waals surface area contributed by atoms with E-state index in [-0.39, 0.29) is 29.8 Å². The van der Waals surface area contributed by atoms with Crippen LogP contribution in [-0.2, 0) is 9.59 Å². The minimum atomic E-state index is -0.348. The summed E-state index contributed by atoms with van der Waals surface area (Å²) in [5.74, 6) is -0.771. The van der Waals surface area contributed by atoms with Gasteiger partial charge in [-0.3, -0.25) is 19.6 Å². The van der Waals surface area contributed by atoms with Crippen LogP contribution < -0.4 is 0 Å². The largest absolute Gasteiger partial charge is 0.298 e. The van der Waals surface area contributed by atoms with Gasteiger partial charge < -0.3 is 0 Å². The number of carbonyl (C=O) groups is 2. The molecule has 2 heterocycles. The first-order chi connectivity index (χ1) is 11.7. The standard InChI is InChI=1S/C20H16N2O2/c23-19-12-20(24)15(11-14(19)17-7-3-4-10-21-17)18-9-8-13-5-1-2-6-16(13)22-18/h1-10,14-15H,11-12H2. The molecule has 118 valence electrons. The first-order valence-electron chi connectivity index (χ1n) is 8.04. The number of hydrogen-bond acceptors (Lipinski definition) is 4. The van der Waals surface area contributed by atoms with E-state index in [0.717, 1.165) is 22.3 Å². The van der Waals surface area contributed by atoms with Crippen LogP contribution in [0, 0.1) is 0 Å². The highest BCUT2D eigenvalue weighted by atomic mass is 16.2. The molecule has 2 atom stereocenters. The average Bonchev–Trinajstić information content (AvgIpc) is 2.62. The van der Waals surface area contributed by atoms with Crippen LogP contribution in [0.4, 0.5) is 0 Å². The van der Waals surface area contributed by atoms with Crippen molar-refractivity contribution in [3.63, 3.8) is 0 Å². The maximum absolute atomic E-state index is 12.4. The summed E-state index contributed by atoms with van der Waals surface area (Å²) in [5, 5.41) is 1.04. The predicted octanol–water partition coefficient (Wildman–Crippen LogP) is 3.43. The molecule has 0 radical (unpaired) electrons. The highest BCUT2D eigenvalue weighted by Crippen LogP contribution is 2.36. The molecule has 1 aromatic carbocycles. The van der Waals surface area contributed by atoms with E-state index in [1.165, 1.54) is 0 Å². The lowest BCUT2D eigenvalue weighted by atomic mass is 9.76. The number of ketones is 2. The van der Waals surface area contributed by atoms with Crippen molar-refractivity contribution in [2.75, 3.05) is 0 Å². The fraction of sp³-hybridized carbons (Fsp3) is 0.200. The fourth-order valence-corrected chi connectivity index (χ4v) is 3.35. The molecule has 4 heteroatoms. The summed E-state index contributed by atoms with van der Waals surface area (Å²) in [6.07, 6.45) is 2.09. The van der Waals surface area contributed by atoms with Crippen LogP contribution in [0.2, 0.25) is 0 Å². The number of rotatable bonds is 2. The van der Waals surface area contributed by atoms with E-state index in [2.05, 4.69) is 9.97 Å². The van der Waals surface area contributed by atoms with Gasteiger partial charge in [0.1, 0.15) is 11.6 Å². The van der Waals surface area contributed by atoms with Gasteiger partial charge in [-0.25, -0.2) is 0 Å². The summed E-state index contributed by atoms with van der Waals surface area (Å²) in [6.45, 7) is 0. The molecule has 0 N–H and O–H groups in total. The Kier molecular flexibility index (Phi) is 3.65. The van der Waals surface area contributed by atoms with E-state index in [9.17, 15) is 9.59 Å². The molecule has 4 nitrogen and oxygen atoms in total. The van der Waals surface area contributed by atoms with Gasteiger partial charge in [0.05, 0.1) is 35.2 Å². The lowest BCUT2D eigenvalue weighted by Gasteiger charge is -2.26. The molecule has 4 rings (SSSR count). The fourth-order valence-electron chi connectivity index (χ4n) is 3.35. The van der Waals surface area contributed by atoms with Gasteiger partial charge in [-0.1, -0.05) is 30.3 Å². The van der Waals surface area contributed by atoms with E-state index in [1.807, 2.05) is 54.6 Å². The summed E-state index contributed by atoms with van der Waals surface area (Å²) < 4.78 is 0. The smallest absolute Gasteiger partial charge is 0.149 e. The van der Waals surface area contributed by atoms with Crippen molar-refractivity contribution in [2.24, 2.45) is 0 Å². The van der Waals surface area contributed by atoms with Crippen molar-refractivity contribution >= 4 is 22.5 Å². The first-order valence-corrected chi connectivity index (χ1v) is 8.04. The summed E-state index contributed by atoms with van der Waals surface area (Å²) in [6, 6.07) is 17.3. The van der Waals surface area contributed by atoms with E-state index >= 15 is 0 Å². The third kappa shape index (κ3) is 2.60. The Morgan fingerprint density at radius 2 is 1.54 bits per heavy atom. The third-order valence-corrected chi connectivity index (χ3v) is 4.62. The molecular formula is C20H16N2O2. The van der Waals surface area contributed by atoms with Crippen LogP contribution in [0.3, 0.4) is 0 Å². The Morgan fingerprint density at radius 1 is 0.792 bits per heavy atom. The Hall–Kier alpha value is -2.88. The molecule has 1 aliphatic carbocycles. The minimum absolute atomic E-state index is 0.0413. The van der Waals surface area contributed by atoms with Gasteiger partial charge in [0.2, 0.25) is 0 Å². The summed E-state index contributed by atoms with van der Waals surface area (Å²) >= 11 is 0. The van der Waals surface area contributed by atoms with Crippen LogP contribution in [0.1, 0.15) is 36.1 Å². The van der Waals surface area contributed by atoms with E-state index < -0.39 is 0 Å². The molecule has 2 aromatic heterocycles. The predicted molar refractivity (Wildman–Crippen MR) is 90.7 cm³/mol. The number of pyridine rings is 2. The first kappa shape index (κ1) is 14.7. The number of carbonyl (C=O) groups excluding carboxylic acids is 2. The molecule has 1 saturated carbocycles. The Bertz CT molecular complexity index is 921. The van der Waals surface area contributed by atoms with Crippen LogP contribution in [0.25, 0.3) is 10.9 Å². The normalized spacial score (nSPS) is 21.2. The van der Waals surface area contributed by atoms with E-state index in [4.69, 9.17) is 0 Å². The molecule has 0 amide bonds. The van der Waals surface area contributed by atoms with Crippen LogP contribution in [0.15, 0.2) is 60.8 Å². The maximum atomic E-state index is 12.4. The zero-order valence-electron chi connectivity index (χ0n) is 13.1. The molecule has 0 saturated heterocycles. The lowest BCUT2D eigenvalue weighted by molar-refractivity contribution is -0.132. The second-order valence-corrected chi connectivity index (χ2v) is 6.13. The zero-order chi connectivity index (χ0) is 16.5. The summed E-state index contributed by atoms with van der Waals surface area (Å²) in [7, 11) is 0. The van der Waals surface area contributed by atoms with Crippen molar-refractivity contribution in [3.8, 4) is 0 Å². The van der Waals surface area contributed by atoms with Gasteiger partial charge >= 0.3 is 0 Å². The molecule has 2 unspecified atom stereocenters. The molecule has 0 aliphatic heterocycles. The number of fused-ring (bicyclic) bond motifs is 1. The highest BCUT2D eigenvalue weighted by molar-refractivity contribution is 6.07. The van der Waals surface area contributed by atoms with Crippen molar-refractivity contribution < 1.29 is 9.59 Å². The van der Waals surface area contributed by atoms with E-state index in [0.29, 0.717) is 6.42 Å². The highest BCUT2D eigenvalue weighted by Gasteiger charge is 2.37. The average molecular weight is 316 g/mol. The van der Waals surface area contributed by atoms with Crippen LogP contribution in [-0.4, -0.2) is 21.5 Å². The van der Waals surface area contributed by atoms with Crippen molar-refractivity contribution in [3.05, 3.63) is 72.2 Å². The molecule has 0 bridgehead atoms. The van der Waals surface area contributed by atoms with Gasteiger partial charge in [0.15, 0.2) is 0 Å². The zero-order valence-corrected chi connectivity index (χ0v) is 13.1. The van der Waals surface area contributed by atoms with Crippen molar-refractivity contribution in [1.82, 2.24) is 9.97 Å². The summed E-state index contributed by atoms with van der Waals surface area (Å²) in [5.41, 5.74) is 2.35. The van der Waals surface area contributed by atoms with Gasteiger partial charge in [-0.2, -0.15) is 0 Å². The SMILES string of the molecule is O=C1CC(=O)C(c2ccc3ccccc3n2)CC1c1ccccn1. The third-order valence-electron chi connectivity index (χ3n) is 4.62. The second kappa shape index (κ2) is 5.96. The van der Waals surface area contributed by atoms with Gasteiger partial charge in [0, 0.05) is 11.6 Å². The Balaban J connectivity index is 1.70. The Labute approximate surface area is 139 Å². The second-order valence-electron chi connectivity index (χ2n) is 6.13. The molecule has 3 aromatic rings. The number of aromatic nitrogens is 2. The molecule has 0 spiro atoms. The van der Waals surface area contributed by atoms with Gasteiger partial charge in [0.25, 0.3) is 0 Å². The van der Waals surface area contributed by atoms with Crippen molar-refractivity contribution in [2.45, 2.75) is 24.7 Å². The lowest BCUT2D eigenvalue weighted by Crippen LogP contribution is -2.30. The quantitative estimate of drug-likeness (QED) is 0.680. The number of para-hydroxylation sites is 1. The molecule has 1 aliphatic rings. The molecule has 24 heavy (non-hydrogen) atoms.